The standard InChI is InChI=1S/C23H25NO5/c1-25-18-10-9-15(12-19(18)26-2)22-17(8-6-7-11-24-22)16-13-20(27-3)23(29-5)21(14-16)28-4/h6-14,22H,1-5H3. The molecule has 1 heterocycles. The van der Waals surface area contributed by atoms with Crippen LogP contribution >= 0.6 is 0 Å². The predicted molar refractivity (Wildman–Crippen MR) is 114 cm³/mol. The second-order valence-electron chi connectivity index (χ2n) is 6.24. The molecule has 0 saturated heterocycles. The lowest BCUT2D eigenvalue weighted by Crippen LogP contribution is -2.03. The van der Waals surface area contributed by atoms with Crippen molar-refractivity contribution in [2.24, 2.45) is 4.99 Å². The number of nitrogens with zero attached hydrogens (tertiary/aromatic N) is 1. The van der Waals surface area contributed by atoms with Gasteiger partial charge in [-0.25, -0.2) is 0 Å². The van der Waals surface area contributed by atoms with Crippen molar-refractivity contribution in [3.63, 3.8) is 0 Å². The Morgan fingerprint density at radius 1 is 0.690 bits per heavy atom. The number of hydrogen-bond donors (Lipinski definition) is 0. The second kappa shape index (κ2) is 9.19. The zero-order chi connectivity index (χ0) is 20.8. The Labute approximate surface area is 171 Å². The van der Waals surface area contributed by atoms with Crippen LogP contribution in [-0.2, 0) is 0 Å². The molecule has 0 radical (unpaired) electrons. The highest BCUT2D eigenvalue weighted by molar-refractivity contribution is 5.82. The lowest BCUT2D eigenvalue weighted by molar-refractivity contribution is 0.324. The van der Waals surface area contributed by atoms with Gasteiger partial charge >= 0.3 is 0 Å². The minimum absolute atomic E-state index is 0.243. The van der Waals surface area contributed by atoms with Crippen LogP contribution in [0.2, 0.25) is 0 Å². The van der Waals surface area contributed by atoms with E-state index in [2.05, 4.69) is 0 Å². The summed E-state index contributed by atoms with van der Waals surface area (Å²) in [5, 5.41) is 0. The summed E-state index contributed by atoms with van der Waals surface area (Å²) in [6.07, 6.45) is 7.69. The van der Waals surface area contributed by atoms with Gasteiger partial charge in [0.2, 0.25) is 5.75 Å². The highest BCUT2D eigenvalue weighted by Gasteiger charge is 2.22. The monoisotopic (exact) mass is 395 g/mol. The molecule has 29 heavy (non-hydrogen) atoms. The van der Waals surface area contributed by atoms with Crippen LogP contribution in [0.4, 0.5) is 0 Å². The molecule has 0 aromatic heterocycles. The number of aliphatic imine (C=N–C) groups is 1. The van der Waals surface area contributed by atoms with E-state index in [0.29, 0.717) is 28.7 Å². The number of ether oxygens (including phenoxy) is 5. The van der Waals surface area contributed by atoms with Gasteiger partial charge in [-0.15, -0.1) is 0 Å². The van der Waals surface area contributed by atoms with Crippen molar-refractivity contribution in [2.75, 3.05) is 35.5 Å². The summed E-state index contributed by atoms with van der Waals surface area (Å²) in [5.74, 6) is 3.05. The van der Waals surface area contributed by atoms with Crippen LogP contribution in [0, 0.1) is 0 Å². The molecule has 1 aliphatic heterocycles. The number of rotatable bonds is 7. The first-order chi connectivity index (χ1) is 14.2. The molecule has 152 valence electrons. The van der Waals surface area contributed by atoms with Crippen LogP contribution in [0.1, 0.15) is 17.2 Å². The fourth-order valence-corrected chi connectivity index (χ4v) is 3.31. The van der Waals surface area contributed by atoms with E-state index in [1.807, 2.05) is 48.6 Å². The van der Waals surface area contributed by atoms with E-state index < -0.39 is 0 Å². The molecule has 0 spiro atoms. The first-order valence-corrected chi connectivity index (χ1v) is 9.09. The molecule has 0 amide bonds. The molecule has 0 fully saturated rings. The second-order valence-corrected chi connectivity index (χ2v) is 6.24. The minimum atomic E-state index is -0.243. The largest absolute Gasteiger partial charge is 0.493 e. The smallest absolute Gasteiger partial charge is 0.203 e. The van der Waals surface area contributed by atoms with Crippen LogP contribution in [0.25, 0.3) is 5.57 Å². The van der Waals surface area contributed by atoms with Crippen LogP contribution in [0.15, 0.2) is 53.6 Å². The van der Waals surface area contributed by atoms with Crippen molar-refractivity contribution in [3.05, 3.63) is 59.7 Å². The molecule has 6 nitrogen and oxygen atoms in total. The van der Waals surface area contributed by atoms with E-state index >= 15 is 0 Å². The zero-order valence-electron chi connectivity index (χ0n) is 17.3. The summed E-state index contributed by atoms with van der Waals surface area (Å²) >= 11 is 0. The maximum atomic E-state index is 5.52. The summed E-state index contributed by atoms with van der Waals surface area (Å²) in [7, 11) is 8.03. The highest BCUT2D eigenvalue weighted by Crippen LogP contribution is 2.44. The third-order valence-electron chi connectivity index (χ3n) is 4.72. The first kappa shape index (κ1) is 20.3. The molecule has 0 N–H and O–H groups in total. The Hall–Kier alpha value is -3.41. The Bertz CT molecular complexity index is 937. The van der Waals surface area contributed by atoms with Crippen molar-refractivity contribution in [2.45, 2.75) is 6.04 Å². The van der Waals surface area contributed by atoms with Crippen LogP contribution < -0.4 is 23.7 Å². The molecule has 1 atom stereocenters. The SMILES string of the molecule is COc1ccc(C2N=CC=CC=C2c2cc(OC)c(OC)c(OC)c2)cc1OC. The Kier molecular flexibility index (Phi) is 6.44. The van der Waals surface area contributed by atoms with Crippen LogP contribution in [-0.4, -0.2) is 41.8 Å². The van der Waals surface area contributed by atoms with Gasteiger partial charge in [0.15, 0.2) is 23.0 Å². The zero-order valence-corrected chi connectivity index (χ0v) is 17.3. The molecule has 0 saturated carbocycles. The van der Waals surface area contributed by atoms with Crippen LogP contribution in [0.3, 0.4) is 0 Å². The average Bonchev–Trinajstić information content (AvgIpc) is 3.03. The summed E-state index contributed by atoms with van der Waals surface area (Å²) in [4.78, 5) is 4.75. The molecule has 6 heteroatoms. The van der Waals surface area contributed by atoms with Gasteiger partial charge in [-0.1, -0.05) is 18.2 Å². The number of allylic oxidation sites excluding steroid dienone is 3. The van der Waals surface area contributed by atoms with Gasteiger partial charge in [-0.3, -0.25) is 4.99 Å². The number of benzene rings is 2. The van der Waals surface area contributed by atoms with E-state index in [1.165, 1.54) is 0 Å². The topological polar surface area (TPSA) is 58.5 Å². The van der Waals surface area contributed by atoms with Crippen molar-refractivity contribution >= 4 is 11.8 Å². The first-order valence-electron chi connectivity index (χ1n) is 9.09. The maximum Gasteiger partial charge on any atom is 0.203 e. The lowest BCUT2D eigenvalue weighted by Gasteiger charge is -2.20. The van der Waals surface area contributed by atoms with E-state index in [1.54, 1.807) is 41.8 Å². The highest BCUT2D eigenvalue weighted by atomic mass is 16.5. The number of methoxy groups -OCH3 is 5. The van der Waals surface area contributed by atoms with Gasteiger partial charge in [0, 0.05) is 6.21 Å². The molecule has 3 rings (SSSR count). The fraction of sp³-hybridized carbons (Fsp3) is 0.261. The van der Waals surface area contributed by atoms with E-state index in [-0.39, 0.29) is 6.04 Å². The Morgan fingerprint density at radius 2 is 1.34 bits per heavy atom. The molecule has 0 aliphatic carbocycles. The van der Waals surface area contributed by atoms with Gasteiger partial charge in [0.05, 0.1) is 35.5 Å². The lowest BCUT2D eigenvalue weighted by atomic mass is 9.92. The maximum absolute atomic E-state index is 5.52. The average molecular weight is 395 g/mol. The number of hydrogen-bond acceptors (Lipinski definition) is 6. The predicted octanol–water partition coefficient (Wildman–Crippen LogP) is 4.49. The van der Waals surface area contributed by atoms with Crippen molar-refractivity contribution in [1.82, 2.24) is 0 Å². The Morgan fingerprint density at radius 3 is 1.93 bits per heavy atom. The summed E-state index contributed by atoms with van der Waals surface area (Å²) in [6.45, 7) is 0. The van der Waals surface area contributed by atoms with Gasteiger partial charge < -0.3 is 23.7 Å². The van der Waals surface area contributed by atoms with Gasteiger partial charge in [0.1, 0.15) is 6.04 Å². The van der Waals surface area contributed by atoms with Gasteiger partial charge in [-0.2, -0.15) is 0 Å². The molecule has 2 aromatic rings. The molecule has 2 aromatic carbocycles. The summed E-state index contributed by atoms with van der Waals surface area (Å²) < 4.78 is 27.3. The minimum Gasteiger partial charge on any atom is -0.493 e. The van der Waals surface area contributed by atoms with Crippen molar-refractivity contribution < 1.29 is 23.7 Å². The van der Waals surface area contributed by atoms with Crippen molar-refractivity contribution in [3.8, 4) is 28.7 Å². The van der Waals surface area contributed by atoms with Crippen LogP contribution in [0.5, 0.6) is 28.7 Å². The van der Waals surface area contributed by atoms with E-state index in [0.717, 1.165) is 16.7 Å². The third-order valence-corrected chi connectivity index (χ3v) is 4.72. The normalized spacial score (nSPS) is 15.3. The van der Waals surface area contributed by atoms with E-state index in [9.17, 15) is 0 Å². The molecular formula is C23H25NO5. The molecule has 1 unspecified atom stereocenters. The third kappa shape index (κ3) is 4.06. The van der Waals surface area contributed by atoms with E-state index in [4.69, 9.17) is 28.7 Å². The summed E-state index contributed by atoms with van der Waals surface area (Å²) in [6, 6.07) is 9.42. The van der Waals surface area contributed by atoms with Gasteiger partial charge in [-0.05, 0) is 47.0 Å². The fourth-order valence-electron chi connectivity index (χ4n) is 3.31. The molecule has 1 aliphatic rings. The summed E-state index contributed by atoms with van der Waals surface area (Å²) in [5.41, 5.74) is 2.88. The molecule has 0 bridgehead atoms. The van der Waals surface area contributed by atoms with Gasteiger partial charge in [0.25, 0.3) is 0 Å². The van der Waals surface area contributed by atoms with Crippen molar-refractivity contribution in [1.29, 1.82) is 0 Å². The Balaban J connectivity index is 2.13. The molecular weight excluding hydrogens is 370 g/mol. The quantitative estimate of drug-likeness (QED) is 0.691.